The molecule has 0 saturated carbocycles. The van der Waals surface area contributed by atoms with Gasteiger partial charge in [-0.25, -0.2) is 4.98 Å². The molecule has 7 heteroatoms. The highest BCUT2D eigenvalue weighted by atomic mass is 19.4. The first-order valence-electron chi connectivity index (χ1n) is 4.95. The number of nitrogens with one attached hydrogen (secondary N) is 1. The maximum Gasteiger partial charge on any atom is 0.389 e. The van der Waals surface area contributed by atoms with Gasteiger partial charge in [-0.2, -0.15) is 13.2 Å². The van der Waals surface area contributed by atoms with Crippen LogP contribution < -0.4 is 11.1 Å². The number of anilines is 1. The average molecular weight is 247 g/mol. The van der Waals surface area contributed by atoms with Crippen molar-refractivity contribution in [1.29, 1.82) is 0 Å². The Bertz CT molecular complexity index is 393. The maximum absolute atomic E-state index is 11.9. The average Bonchev–Trinajstić information content (AvgIpc) is 2.23. The first-order chi connectivity index (χ1) is 7.90. The molecular weight excluding hydrogens is 235 g/mol. The fourth-order valence-corrected chi connectivity index (χ4v) is 1.24. The van der Waals surface area contributed by atoms with Crippen LogP contribution in [0.3, 0.4) is 0 Å². The number of carbonyl (C=O) groups is 1. The molecule has 0 aliphatic carbocycles. The largest absolute Gasteiger partial charge is 0.389 e. The molecule has 94 valence electrons. The summed E-state index contributed by atoms with van der Waals surface area (Å²) in [7, 11) is 0. The molecule has 0 fully saturated rings. The molecule has 4 nitrogen and oxygen atoms in total. The fourth-order valence-electron chi connectivity index (χ4n) is 1.24. The van der Waals surface area contributed by atoms with E-state index in [4.69, 9.17) is 5.73 Å². The van der Waals surface area contributed by atoms with Crippen LogP contribution in [0.5, 0.6) is 0 Å². The second-order valence-corrected chi connectivity index (χ2v) is 3.41. The zero-order valence-electron chi connectivity index (χ0n) is 8.92. The van der Waals surface area contributed by atoms with Crippen molar-refractivity contribution in [2.24, 2.45) is 5.73 Å². The first-order valence-corrected chi connectivity index (χ1v) is 4.95. The minimum atomic E-state index is -4.17. The number of nitrogens with two attached hydrogens (primary N) is 1. The maximum atomic E-state index is 11.9. The predicted octanol–water partition coefficient (Wildman–Crippen LogP) is 1.93. The number of alkyl halides is 3. The lowest BCUT2D eigenvalue weighted by atomic mass is 10.2. The molecule has 0 atom stereocenters. The molecule has 17 heavy (non-hydrogen) atoms. The summed E-state index contributed by atoms with van der Waals surface area (Å²) in [6.45, 7) is 0.0802. The Kier molecular flexibility index (Phi) is 4.30. The number of pyridine rings is 1. The summed E-state index contributed by atoms with van der Waals surface area (Å²) < 4.78 is 35.6. The zero-order chi connectivity index (χ0) is 12.9. The van der Waals surface area contributed by atoms with Gasteiger partial charge in [0.15, 0.2) is 0 Å². The summed E-state index contributed by atoms with van der Waals surface area (Å²) in [6, 6.07) is 2.99. The molecule has 0 bridgehead atoms. The van der Waals surface area contributed by atoms with E-state index in [2.05, 4.69) is 10.3 Å². The van der Waals surface area contributed by atoms with Gasteiger partial charge in [-0.05, 0) is 18.6 Å². The molecule has 1 amide bonds. The fraction of sp³-hybridized carbons (Fsp3) is 0.400. The molecule has 0 unspecified atom stereocenters. The van der Waals surface area contributed by atoms with E-state index in [0.29, 0.717) is 0 Å². The molecule has 1 aromatic rings. The third-order valence-corrected chi connectivity index (χ3v) is 2.00. The van der Waals surface area contributed by atoms with Crippen LogP contribution in [0, 0.1) is 0 Å². The van der Waals surface area contributed by atoms with Crippen LogP contribution in [0.2, 0.25) is 0 Å². The van der Waals surface area contributed by atoms with Gasteiger partial charge < -0.3 is 11.1 Å². The van der Waals surface area contributed by atoms with Crippen molar-refractivity contribution in [3.05, 3.63) is 23.9 Å². The third-order valence-electron chi connectivity index (χ3n) is 2.00. The number of nitrogens with zero attached hydrogens (tertiary/aromatic N) is 1. The molecule has 0 radical (unpaired) electrons. The van der Waals surface area contributed by atoms with E-state index in [1.165, 1.54) is 18.3 Å². The van der Waals surface area contributed by atoms with Crippen molar-refractivity contribution in [2.75, 3.05) is 11.9 Å². The highest BCUT2D eigenvalue weighted by Gasteiger charge is 2.25. The van der Waals surface area contributed by atoms with Crippen LogP contribution in [0.25, 0.3) is 0 Å². The normalized spacial score (nSPS) is 11.2. The Labute approximate surface area is 96.0 Å². The highest BCUT2D eigenvalue weighted by Crippen LogP contribution is 2.21. The van der Waals surface area contributed by atoms with Crippen molar-refractivity contribution in [3.63, 3.8) is 0 Å². The Hall–Kier alpha value is -1.79. The van der Waals surface area contributed by atoms with Gasteiger partial charge >= 0.3 is 6.18 Å². The number of carbonyl (C=O) groups excluding carboxylic acids is 1. The van der Waals surface area contributed by atoms with Crippen LogP contribution in [0.15, 0.2) is 18.3 Å². The Morgan fingerprint density at radius 1 is 1.47 bits per heavy atom. The van der Waals surface area contributed by atoms with E-state index in [9.17, 15) is 18.0 Å². The summed E-state index contributed by atoms with van der Waals surface area (Å²) in [5, 5.41) is 2.66. The van der Waals surface area contributed by atoms with Gasteiger partial charge in [-0.15, -0.1) is 0 Å². The Morgan fingerprint density at radius 3 is 2.76 bits per heavy atom. The van der Waals surface area contributed by atoms with Crippen molar-refractivity contribution in [2.45, 2.75) is 19.0 Å². The minimum Gasteiger partial charge on any atom is -0.369 e. The topological polar surface area (TPSA) is 68.0 Å². The summed E-state index contributed by atoms with van der Waals surface area (Å²) in [5.74, 6) is -0.460. The van der Waals surface area contributed by atoms with E-state index >= 15 is 0 Å². The number of amides is 1. The summed E-state index contributed by atoms with van der Waals surface area (Å²) in [5.41, 5.74) is 5.26. The molecule has 1 aromatic heterocycles. The number of rotatable bonds is 5. The lowest BCUT2D eigenvalue weighted by Crippen LogP contribution is -2.17. The van der Waals surface area contributed by atoms with Crippen LogP contribution in [0.1, 0.15) is 23.2 Å². The van der Waals surface area contributed by atoms with Crippen LogP contribution in [0.4, 0.5) is 19.0 Å². The number of hydrogen-bond acceptors (Lipinski definition) is 3. The van der Waals surface area contributed by atoms with Gasteiger partial charge in [-0.3, -0.25) is 4.79 Å². The molecule has 1 rings (SSSR count). The smallest absolute Gasteiger partial charge is 0.369 e. The first kappa shape index (κ1) is 13.3. The third kappa shape index (κ3) is 4.71. The Morgan fingerprint density at radius 2 is 2.18 bits per heavy atom. The summed E-state index contributed by atoms with van der Waals surface area (Å²) in [6.07, 6.45) is -3.70. The van der Waals surface area contributed by atoms with Gasteiger partial charge in [0, 0.05) is 19.2 Å². The minimum absolute atomic E-state index is 0.0802. The summed E-state index contributed by atoms with van der Waals surface area (Å²) >= 11 is 0. The number of hydrogen-bond donors (Lipinski definition) is 2. The zero-order valence-corrected chi connectivity index (χ0v) is 8.92. The standard InChI is InChI=1S/C10H12F3N3O/c11-10(12,13)4-2-6-16-9-7(8(14)17)3-1-5-15-9/h1,3,5H,2,4,6H2,(H2,14,17)(H,15,16). The molecule has 0 aliphatic heterocycles. The van der Waals surface area contributed by atoms with E-state index in [1.54, 1.807) is 0 Å². The second-order valence-electron chi connectivity index (χ2n) is 3.41. The van der Waals surface area contributed by atoms with Crippen molar-refractivity contribution in [3.8, 4) is 0 Å². The van der Waals surface area contributed by atoms with E-state index in [0.717, 1.165) is 0 Å². The monoisotopic (exact) mass is 247 g/mol. The molecular formula is C10H12F3N3O. The van der Waals surface area contributed by atoms with Crippen molar-refractivity contribution < 1.29 is 18.0 Å². The molecule has 0 spiro atoms. The molecule has 0 aliphatic rings. The van der Waals surface area contributed by atoms with E-state index in [1.807, 2.05) is 0 Å². The lowest BCUT2D eigenvalue weighted by molar-refractivity contribution is -0.134. The van der Waals surface area contributed by atoms with Gasteiger partial charge in [0.2, 0.25) is 0 Å². The van der Waals surface area contributed by atoms with Crippen LogP contribution >= 0.6 is 0 Å². The molecule has 3 N–H and O–H groups in total. The number of primary amides is 1. The molecule has 0 saturated heterocycles. The van der Waals surface area contributed by atoms with Crippen LogP contribution in [-0.2, 0) is 0 Å². The van der Waals surface area contributed by atoms with E-state index in [-0.39, 0.29) is 24.3 Å². The predicted molar refractivity (Wildman–Crippen MR) is 56.5 cm³/mol. The van der Waals surface area contributed by atoms with Gasteiger partial charge in [0.1, 0.15) is 5.82 Å². The summed E-state index contributed by atoms with van der Waals surface area (Å²) in [4.78, 5) is 14.8. The van der Waals surface area contributed by atoms with E-state index < -0.39 is 18.5 Å². The van der Waals surface area contributed by atoms with Gasteiger partial charge in [-0.1, -0.05) is 0 Å². The molecule has 0 aromatic carbocycles. The quantitative estimate of drug-likeness (QED) is 0.781. The van der Waals surface area contributed by atoms with Gasteiger partial charge in [0.05, 0.1) is 5.56 Å². The van der Waals surface area contributed by atoms with Crippen molar-refractivity contribution in [1.82, 2.24) is 4.98 Å². The SMILES string of the molecule is NC(=O)c1cccnc1NCCCC(F)(F)F. The van der Waals surface area contributed by atoms with Crippen molar-refractivity contribution >= 4 is 11.7 Å². The Balaban J connectivity index is 2.49. The second kappa shape index (κ2) is 5.51. The molecule has 1 heterocycles. The number of halogens is 3. The lowest BCUT2D eigenvalue weighted by Gasteiger charge is -2.09. The number of aromatic nitrogens is 1. The van der Waals surface area contributed by atoms with Crippen LogP contribution in [-0.4, -0.2) is 23.6 Å². The van der Waals surface area contributed by atoms with Gasteiger partial charge in [0.25, 0.3) is 5.91 Å². The highest BCUT2D eigenvalue weighted by molar-refractivity contribution is 5.97.